The van der Waals surface area contributed by atoms with E-state index in [0.29, 0.717) is 18.7 Å². The molecule has 2 aromatic rings. The molecule has 6 heteroatoms. The van der Waals surface area contributed by atoms with Crippen molar-refractivity contribution in [2.24, 2.45) is 4.99 Å². The summed E-state index contributed by atoms with van der Waals surface area (Å²) in [6.07, 6.45) is 3.76. The monoisotopic (exact) mass is 378 g/mol. The highest BCUT2D eigenvalue weighted by atomic mass is 16.5. The highest BCUT2D eigenvalue weighted by Crippen LogP contribution is 2.29. The number of likely N-dealkylation sites (N-methyl/N-ethyl adjacent to an activating group) is 1. The largest absolute Gasteiger partial charge is 0.469 e. The second-order valence-corrected chi connectivity index (χ2v) is 7.27. The number of hydrogen-bond acceptors (Lipinski definition) is 4. The minimum Gasteiger partial charge on any atom is -0.469 e. The Balaban J connectivity index is 1.73. The molecule has 0 unspecified atom stereocenters. The first-order valence-corrected chi connectivity index (χ1v) is 9.56. The van der Waals surface area contributed by atoms with E-state index in [0.717, 1.165) is 35.5 Å². The highest BCUT2D eigenvalue weighted by Gasteiger charge is 2.39. The van der Waals surface area contributed by atoms with Gasteiger partial charge in [-0.3, -0.25) is 14.6 Å². The standard InChI is InChI=1S/C22H24N3O3/c1-24-11-9-16-14-25(13-15-6-4-3-5-7-15)21-20(16)18(24)12-17(22(21)27)23-10-8-19(26)28-2/h3-7,14H,8-13H2,1-2H3/q+1. The summed E-state index contributed by atoms with van der Waals surface area (Å²) in [7, 11) is 3.43. The molecule has 144 valence electrons. The molecule has 0 bridgehead atoms. The van der Waals surface area contributed by atoms with E-state index in [1.807, 2.05) is 18.2 Å². The minimum atomic E-state index is -0.314. The average molecular weight is 378 g/mol. The van der Waals surface area contributed by atoms with Crippen LogP contribution in [0.5, 0.6) is 0 Å². The van der Waals surface area contributed by atoms with Crippen molar-refractivity contribution in [1.82, 2.24) is 4.57 Å². The van der Waals surface area contributed by atoms with Crippen LogP contribution in [0.1, 0.15) is 40.0 Å². The van der Waals surface area contributed by atoms with E-state index >= 15 is 0 Å². The van der Waals surface area contributed by atoms with Crippen molar-refractivity contribution in [3.05, 3.63) is 58.9 Å². The second-order valence-electron chi connectivity index (χ2n) is 7.27. The molecule has 0 saturated carbocycles. The van der Waals surface area contributed by atoms with Crippen LogP contribution in [0, 0.1) is 0 Å². The van der Waals surface area contributed by atoms with Crippen molar-refractivity contribution in [2.45, 2.75) is 25.8 Å². The zero-order valence-electron chi connectivity index (χ0n) is 16.3. The maximum Gasteiger partial charge on any atom is 0.307 e. The van der Waals surface area contributed by atoms with Crippen LogP contribution in [0.4, 0.5) is 0 Å². The minimum absolute atomic E-state index is 0.0268. The molecule has 0 atom stereocenters. The van der Waals surface area contributed by atoms with Crippen LogP contribution < -0.4 is 0 Å². The Kier molecular flexibility index (Phi) is 4.94. The molecule has 2 heterocycles. The molecule has 28 heavy (non-hydrogen) atoms. The first kappa shape index (κ1) is 18.3. The molecule has 1 aromatic heterocycles. The number of nitrogens with zero attached hydrogens (tertiary/aromatic N) is 3. The van der Waals surface area contributed by atoms with Crippen LogP contribution in [-0.4, -0.2) is 59.6 Å². The van der Waals surface area contributed by atoms with Crippen LogP contribution in [0.15, 0.2) is 41.5 Å². The second kappa shape index (κ2) is 7.54. The van der Waals surface area contributed by atoms with E-state index < -0.39 is 0 Å². The van der Waals surface area contributed by atoms with Gasteiger partial charge in [0, 0.05) is 25.7 Å². The molecular weight excluding hydrogens is 354 g/mol. The molecule has 4 rings (SSSR count). The maximum atomic E-state index is 13.3. The molecule has 1 aromatic carbocycles. The van der Waals surface area contributed by atoms with Gasteiger partial charge in [0.2, 0.25) is 5.78 Å². The van der Waals surface area contributed by atoms with Crippen molar-refractivity contribution < 1.29 is 18.9 Å². The fourth-order valence-electron chi connectivity index (χ4n) is 4.00. The van der Waals surface area contributed by atoms with Crippen LogP contribution >= 0.6 is 0 Å². The fraction of sp³-hybridized carbons (Fsp3) is 0.364. The Morgan fingerprint density at radius 1 is 1.29 bits per heavy atom. The van der Waals surface area contributed by atoms with Gasteiger partial charge in [0.25, 0.3) is 0 Å². The summed E-state index contributed by atoms with van der Waals surface area (Å²) in [5.41, 5.74) is 5.88. The number of aromatic nitrogens is 1. The van der Waals surface area contributed by atoms with Gasteiger partial charge in [0.05, 0.1) is 31.2 Å². The highest BCUT2D eigenvalue weighted by molar-refractivity contribution is 6.52. The molecule has 0 radical (unpaired) electrons. The summed E-state index contributed by atoms with van der Waals surface area (Å²) in [5.74, 6) is -0.341. The summed E-state index contributed by atoms with van der Waals surface area (Å²) in [5, 5.41) is 0. The number of ether oxygens (including phenoxy) is 1. The van der Waals surface area contributed by atoms with Crippen LogP contribution in [0.3, 0.4) is 0 Å². The number of hydrogen-bond donors (Lipinski definition) is 0. The van der Waals surface area contributed by atoms with Gasteiger partial charge in [-0.1, -0.05) is 30.3 Å². The predicted octanol–water partition coefficient (Wildman–Crippen LogP) is 2.11. The topological polar surface area (TPSA) is 63.7 Å². The number of ketones is 1. The zero-order chi connectivity index (χ0) is 19.7. The first-order chi connectivity index (χ1) is 13.6. The fourth-order valence-corrected chi connectivity index (χ4v) is 4.00. The van der Waals surface area contributed by atoms with Crippen molar-refractivity contribution in [3.8, 4) is 0 Å². The molecule has 6 nitrogen and oxygen atoms in total. The van der Waals surface area contributed by atoms with Gasteiger partial charge < -0.3 is 9.30 Å². The van der Waals surface area contributed by atoms with Gasteiger partial charge in [-0.15, -0.1) is 0 Å². The molecule has 0 fully saturated rings. The van der Waals surface area contributed by atoms with Crippen LogP contribution in [0.25, 0.3) is 0 Å². The van der Waals surface area contributed by atoms with Gasteiger partial charge in [-0.05, 0) is 11.1 Å². The van der Waals surface area contributed by atoms with Crippen LogP contribution in [-0.2, 0) is 22.5 Å². The van der Waals surface area contributed by atoms with E-state index in [1.54, 1.807) is 0 Å². The van der Waals surface area contributed by atoms with Gasteiger partial charge in [-0.25, -0.2) is 4.58 Å². The Labute approximate surface area is 164 Å². The van der Waals surface area contributed by atoms with Gasteiger partial charge in [0.1, 0.15) is 19.3 Å². The Morgan fingerprint density at radius 2 is 2.07 bits per heavy atom. The number of benzene rings is 1. The SMILES string of the molecule is COC(=O)CCN=C1CC2=[N+](C)CCc3cn(Cc4ccccc4)c(c32)C1=O. The van der Waals surface area contributed by atoms with E-state index in [2.05, 4.69) is 44.2 Å². The number of carbonyl (C=O) groups is 2. The summed E-state index contributed by atoms with van der Waals surface area (Å²) in [6.45, 7) is 1.86. The number of carbonyl (C=O) groups excluding carboxylic acids is 2. The molecular formula is C22H24N3O3+. The smallest absolute Gasteiger partial charge is 0.307 e. The van der Waals surface area contributed by atoms with E-state index in [1.165, 1.54) is 12.7 Å². The van der Waals surface area contributed by atoms with Crippen LogP contribution in [0.2, 0.25) is 0 Å². The lowest BCUT2D eigenvalue weighted by Gasteiger charge is -2.20. The number of Topliss-reactive ketones (excluding diaryl/α,β-unsaturated/α-hetero) is 1. The zero-order valence-corrected chi connectivity index (χ0v) is 16.3. The van der Waals surface area contributed by atoms with E-state index in [-0.39, 0.29) is 24.7 Å². The van der Waals surface area contributed by atoms with Gasteiger partial charge in [-0.2, -0.15) is 0 Å². The van der Waals surface area contributed by atoms with Gasteiger partial charge in [0.15, 0.2) is 5.71 Å². The summed E-state index contributed by atoms with van der Waals surface area (Å²) in [6, 6.07) is 10.2. The molecule has 0 N–H and O–H groups in total. The maximum absolute atomic E-state index is 13.3. The molecule has 0 amide bonds. The lowest BCUT2D eigenvalue weighted by molar-refractivity contribution is -0.498. The lowest BCUT2D eigenvalue weighted by Crippen LogP contribution is -2.37. The van der Waals surface area contributed by atoms with Crippen molar-refractivity contribution in [3.63, 3.8) is 0 Å². The molecule has 2 aliphatic rings. The van der Waals surface area contributed by atoms with Crippen molar-refractivity contribution in [1.29, 1.82) is 0 Å². The molecule has 1 aliphatic carbocycles. The van der Waals surface area contributed by atoms with Crippen molar-refractivity contribution in [2.75, 3.05) is 27.2 Å². The molecule has 0 saturated heterocycles. The third kappa shape index (κ3) is 3.30. The Bertz CT molecular complexity index is 1000. The average Bonchev–Trinajstić information content (AvgIpc) is 3.07. The summed E-state index contributed by atoms with van der Waals surface area (Å²) < 4.78 is 8.96. The van der Waals surface area contributed by atoms with Crippen molar-refractivity contribution >= 4 is 23.2 Å². The molecule has 1 aliphatic heterocycles. The van der Waals surface area contributed by atoms with E-state index in [4.69, 9.17) is 0 Å². The van der Waals surface area contributed by atoms with Gasteiger partial charge >= 0.3 is 5.97 Å². The summed E-state index contributed by atoms with van der Waals surface area (Å²) in [4.78, 5) is 29.1. The van der Waals surface area contributed by atoms with E-state index in [9.17, 15) is 9.59 Å². The molecule has 0 spiro atoms. The lowest BCUT2D eigenvalue weighted by atomic mass is 9.87. The number of rotatable bonds is 5. The Hall–Kier alpha value is -3.02. The normalized spacial score (nSPS) is 17.1. The number of methoxy groups -OCH3 is 1. The number of aliphatic imine (C=N–C) groups is 1. The predicted molar refractivity (Wildman–Crippen MR) is 107 cm³/mol. The third-order valence-corrected chi connectivity index (χ3v) is 5.48. The third-order valence-electron chi connectivity index (χ3n) is 5.48. The first-order valence-electron chi connectivity index (χ1n) is 9.56. The quantitative estimate of drug-likeness (QED) is 0.591. The summed E-state index contributed by atoms with van der Waals surface area (Å²) >= 11 is 0. The Morgan fingerprint density at radius 3 is 2.82 bits per heavy atom. The number of esters is 1.